The van der Waals surface area contributed by atoms with E-state index in [0.29, 0.717) is 0 Å². The molecule has 0 saturated heterocycles. The first kappa shape index (κ1) is 14.8. The number of halogens is 2. The average molecular weight is 387 g/mol. The van der Waals surface area contributed by atoms with Gasteiger partial charge in [-0.25, -0.2) is 0 Å². The Bertz CT molecular complexity index is 564. The number of aryl methyl sites for hydroxylation is 2. The van der Waals surface area contributed by atoms with E-state index >= 15 is 0 Å². The largest absolute Gasteiger partial charge is 0.307 e. The molecule has 0 aliphatic rings. The summed E-state index contributed by atoms with van der Waals surface area (Å²) in [6.07, 6.45) is 0.944. The molecule has 0 saturated carbocycles. The van der Waals surface area contributed by atoms with Gasteiger partial charge in [0.15, 0.2) is 0 Å². The molecule has 1 heterocycles. The zero-order valence-electron chi connectivity index (χ0n) is 11.1. The van der Waals surface area contributed by atoms with Crippen LogP contribution < -0.4 is 5.32 Å². The van der Waals surface area contributed by atoms with Crippen LogP contribution in [0.3, 0.4) is 0 Å². The zero-order valence-corrected chi connectivity index (χ0v) is 14.3. The fraction of sp³-hybridized carbons (Fsp3) is 0.357. The van der Waals surface area contributed by atoms with E-state index in [1.54, 1.807) is 0 Å². The molecule has 2 rings (SSSR count). The zero-order chi connectivity index (χ0) is 13.8. The standard InChI is InChI=1S/C14H17Br2N3/c1-3-12-14(16)13(19(2)18-12)9-17-8-10-5-4-6-11(15)7-10/h4-7,17H,3,8-9H2,1-2H3. The van der Waals surface area contributed by atoms with Crippen LogP contribution in [0.4, 0.5) is 0 Å². The summed E-state index contributed by atoms with van der Waals surface area (Å²) in [5, 5.41) is 7.94. The van der Waals surface area contributed by atoms with Crippen molar-refractivity contribution >= 4 is 31.9 Å². The Labute approximate surface area is 130 Å². The molecule has 0 bridgehead atoms. The van der Waals surface area contributed by atoms with Crippen LogP contribution in [-0.4, -0.2) is 9.78 Å². The number of aromatic nitrogens is 2. The molecule has 0 atom stereocenters. The smallest absolute Gasteiger partial charge is 0.0767 e. The second-order valence-corrected chi connectivity index (χ2v) is 6.13. The fourth-order valence-corrected chi connectivity index (χ4v) is 3.19. The fourth-order valence-electron chi connectivity index (χ4n) is 1.98. The molecular formula is C14H17Br2N3. The van der Waals surface area contributed by atoms with Crippen molar-refractivity contribution < 1.29 is 0 Å². The highest BCUT2D eigenvalue weighted by atomic mass is 79.9. The maximum Gasteiger partial charge on any atom is 0.0767 e. The summed E-state index contributed by atoms with van der Waals surface area (Å²) in [5.41, 5.74) is 3.57. The predicted octanol–water partition coefficient (Wildman–Crippen LogP) is 3.80. The summed E-state index contributed by atoms with van der Waals surface area (Å²) in [5.74, 6) is 0. The number of benzene rings is 1. The maximum atomic E-state index is 4.49. The molecule has 0 unspecified atom stereocenters. The minimum Gasteiger partial charge on any atom is -0.307 e. The maximum absolute atomic E-state index is 4.49. The van der Waals surface area contributed by atoms with E-state index in [-0.39, 0.29) is 0 Å². The summed E-state index contributed by atoms with van der Waals surface area (Å²) >= 11 is 7.11. The van der Waals surface area contributed by atoms with Crippen LogP contribution in [0.15, 0.2) is 33.2 Å². The lowest BCUT2D eigenvalue weighted by molar-refractivity contribution is 0.622. The van der Waals surface area contributed by atoms with Crippen LogP contribution in [0.25, 0.3) is 0 Å². The Morgan fingerprint density at radius 2 is 2.05 bits per heavy atom. The molecule has 2 aromatic rings. The van der Waals surface area contributed by atoms with E-state index in [1.807, 2.05) is 17.8 Å². The number of nitrogens with one attached hydrogen (secondary N) is 1. The number of rotatable bonds is 5. The Kier molecular flexibility index (Phi) is 5.19. The van der Waals surface area contributed by atoms with Gasteiger partial charge in [0.2, 0.25) is 0 Å². The third-order valence-corrected chi connectivity index (χ3v) is 4.42. The van der Waals surface area contributed by atoms with Gasteiger partial charge in [-0.2, -0.15) is 5.10 Å². The molecule has 5 heteroatoms. The molecular weight excluding hydrogens is 370 g/mol. The molecule has 0 amide bonds. The van der Waals surface area contributed by atoms with Crippen LogP contribution in [0, 0.1) is 0 Å². The first-order valence-corrected chi connectivity index (χ1v) is 7.85. The van der Waals surface area contributed by atoms with Gasteiger partial charge >= 0.3 is 0 Å². The van der Waals surface area contributed by atoms with E-state index in [9.17, 15) is 0 Å². The SMILES string of the molecule is CCc1nn(C)c(CNCc2cccc(Br)c2)c1Br. The third-order valence-electron chi connectivity index (χ3n) is 3.01. The van der Waals surface area contributed by atoms with E-state index in [4.69, 9.17) is 0 Å². The molecule has 1 aromatic heterocycles. The van der Waals surface area contributed by atoms with Gasteiger partial charge < -0.3 is 5.32 Å². The van der Waals surface area contributed by atoms with Crippen molar-refractivity contribution in [2.75, 3.05) is 0 Å². The van der Waals surface area contributed by atoms with Crippen LogP contribution in [0.2, 0.25) is 0 Å². The highest BCUT2D eigenvalue weighted by molar-refractivity contribution is 9.10. The van der Waals surface area contributed by atoms with E-state index < -0.39 is 0 Å². The summed E-state index contributed by atoms with van der Waals surface area (Å²) < 4.78 is 4.18. The topological polar surface area (TPSA) is 29.9 Å². The van der Waals surface area contributed by atoms with Crippen LogP contribution in [-0.2, 0) is 26.6 Å². The Hall–Kier alpha value is -0.650. The Balaban J connectivity index is 1.98. The van der Waals surface area contributed by atoms with Crippen LogP contribution >= 0.6 is 31.9 Å². The molecule has 0 aliphatic carbocycles. The van der Waals surface area contributed by atoms with Crippen molar-refractivity contribution in [3.05, 3.63) is 50.2 Å². The Morgan fingerprint density at radius 3 is 2.68 bits per heavy atom. The predicted molar refractivity (Wildman–Crippen MR) is 85.0 cm³/mol. The van der Waals surface area contributed by atoms with Gasteiger partial charge in [0.1, 0.15) is 0 Å². The third kappa shape index (κ3) is 3.68. The molecule has 0 radical (unpaired) electrons. The van der Waals surface area contributed by atoms with Crippen molar-refractivity contribution in [1.82, 2.24) is 15.1 Å². The molecule has 0 fully saturated rings. The highest BCUT2D eigenvalue weighted by Gasteiger charge is 2.11. The van der Waals surface area contributed by atoms with Crippen molar-refractivity contribution in [3.63, 3.8) is 0 Å². The second-order valence-electron chi connectivity index (χ2n) is 4.42. The molecule has 102 valence electrons. The molecule has 19 heavy (non-hydrogen) atoms. The lowest BCUT2D eigenvalue weighted by atomic mass is 10.2. The monoisotopic (exact) mass is 385 g/mol. The normalized spacial score (nSPS) is 10.9. The quantitative estimate of drug-likeness (QED) is 0.846. The first-order chi connectivity index (χ1) is 9.11. The minimum absolute atomic E-state index is 0.802. The molecule has 3 nitrogen and oxygen atoms in total. The van der Waals surface area contributed by atoms with Gasteiger partial charge in [0.25, 0.3) is 0 Å². The number of hydrogen-bond donors (Lipinski definition) is 1. The second kappa shape index (κ2) is 6.68. The van der Waals surface area contributed by atoms with Crippen molar-refractivity contribution in [2.45, 2.75) is 26.4 Å². The number of nitrogens with zero attached hydrogens (tertiary/aromatic N) is 2. The summed E-state index contributed by atoms with van der Waals surface area (Å²) in [7, 11) is 1.99. The first-order valence-electron chi connectivity index (χ1n) is 6.27. The van der Waals surface area contributed by atoms with Crippen LogP contribution in [0.5, 0.6) is 0 Å². The van der Waals surface area contributed by atoms with E-state index in [1.165, 1.54) is 11.3 Å². The number of hydrogen-bond acceptors (Lipinski definition) is 2. The average Bonchev–Trinajstić information content (AvgIpc) is 2.66. The molecule has 1 N–H and O–H groups in total. The molecule has 0 spiro atoms. The van der Waals surface area contributed by atoms with Crippen molar-refractivity contribution in [1.29, 1.82) is 0 Å². The van der Waals surface area contributed by atoms with E-state index in [2.05, 4.69) is 67.4 Å². The van der Waals surface area contributed by atoms with Gasteiger partial charge in [-0.15, -0.1) is 0 Å². The molecule has 0 aliphatic heterocycles. The van der Waals surface area contributed by atoms with Gasteiger partial charge in [0, 0.05) is 24.6 Å². The summed E-state index contributed by atoms with van der Waals surface area (Å²) in [6.45, 7) is 3.76. The molecule has 1 aromatic carbocycles. The van der Waals surface area contributed by atoms with Crippen molar-refractivity contribution in [2.24, 2.45) is 7.05 Å². The Morgan fingerprint density at radius 1 is 1.26 bits per heavy atom. The summed E-state index contributed by atoms with van der Waals surface area (Å²) in [4.78, 5) is 0. The minimum atomic E-state index is 0.802. The highest BCUT2D eigenvalue weighted by Crippen LogP contribution is 2.21. The van der Waals surface area contributed by atoms with Crippen LogP contribution in [0.1, 0.15) is 23.9 Å². The van der Waals surface area contributed by atoms with Gasteiger partial charge in [-0.05, 0) is 40.0 Å². The van der Waals surface area contributed by atoms with Crippen molar-refractivity contribution in [3.8, 4) is 0 Å². The summed E-state index contributed by atoms with van der Waals surface area (Å²) in [6, 6.07) is 8.33. The lowest BCUT2D eigenvalue weighted by Gasteiger charge is -2.06. The van der Waals surface area contributed by atoms with Gasteiger partial charge in [-0.3, -0.25) is 4.68 Å². The lowest BCUT2D eigenvalue weighted by Crippen LogP contribution is -2.15. The van der Waals surface area contributed by atoms with Gasteiger partial charge in [-0.1, -0.05) is 35.0 Å². The van der Waals surface area contributed by atoms with E-state index in [0.717, 1.165) is 34.1 Å². The van der Waals surface area contributed by atoms with Gasteiger partial charge in [0.05, 0.1) is 15.9 Å².